The van der Waals surface area contributed by atoms with Crippen LogP contribution in [0.1, 0.15) is 12.5 Å². The molecular formula is C15H15ClN4. The van der Waals surface area contributed by atoms with Crippen LogP contribution in [0, 0.1) is 0 Å². The van der Waals surface area contributed by atoms with E-state index in [2.05, 4.69) is 10.3 Å². The number of hydrogen-bond donors (Lipinski definition) is 1. The summed E-state index contributed by atoms with van der Waals surface area (Å²) in [7, 11) is 0. The molecule has 4 nitrogen and oxygen atoms in total. The van der Waals surface area contributed by atoms with Crippen molar-refractivity contribution in [3.63, 3.8) is 0 Å². The summed E-state index contributed by atoms with van der Waals surface area (Å²) >= 11 is 6.38. The summed E-state index contributed by atoms with van der Waals surface area (Å²) in [6, 6.07) is 13.8. The van der Waals surface area contributed by atoms with Gasteiger partial charge >= 0.3 is 0 Å². The highest BCUT2D eigenvalue weighted by molar-refractivity contribution is 6.32. The molecule has 3 aromatic rings. The molecule has 0 saturated heterocycles. The summed E-state index contributed by atoms with van der Waals surface area (Å²) < 4.78 is 1.76. The summed E-state index contributed by atoms with van der Waals surface area (Å²) in [5.74, 6) is 0. The van der Waals surface area contributed by atoms with E-state index in [-0.39, 0.29) is 6.04 Å². The third-order valence-corrected chi connectivity index (χ3v) is 3.45. The first-order valence-electron chi connectivity index (χ1n) is 6.50. The molecule has 102 valence electrons. The van der Waals surface area contributed by atoms with Crippen LogP contribution in [0.3, 0.4) is 0 Å². The Morgan fingerprint density at radius 3 is 2.80 bits per heavy atom. The van der Waals surface area contributed by atoms with Gasteiger partial charge in [-0.1, -0.05) is 35.0 Å². The summed E-state index contributed by atoms with van der Waals surface area (Å²) in [6.45, 7) is 1.98. The standard InChI is InChI=1S/C15H15ClN4/c1-10(17)8-11-6-7-14(12(16)9-11)20-15-5-3-2-4-13(15)18-19-20/h2-7,9-10H,8,17H2,1H3. The second-order valence-electron chi connectivity index (χ2n) is 4.96. The molecule has 3 rings (SSSR count). The van der Waals surface area contributed by atoms with Gasteiger partial charge < -0.3 is 5.73 Å². The first-order valence-corrected chi connectivity index (χ1v) is 6.88. The fourth-order valence-electron chi connectivity index (χ4n) is 2.27. The van der Waals surface area contributed by atoms with E-state index in [1.807, 2.05) is 49.4 Å². The summed E-state index contributed by atoms with van der Waals surface area (Å²) in [5, 5.41) is 8.97. The molecule has 2 aromatic carbocycles. The highest BCUT2D eigenvalue weighted by atomic mass is 35.5. The first-order chi connectivity index (χ1) is 9.65. The van der Waals surface area contributed by atoms with E-state index in [1.165, 1.54) is 0 Å². The lowest BCUT2D eigenvalue weighted by molar-refractivity contribution is 0.737. The van der Waals surface area contributed by atoms with Crippen molar-refractivity contribution in [2.75, 3.05) is 0 Å². The number of para-hydroxylation sites is 1. The highest BCUT2D eigenvalue weighted by Crippen LogP contribution is 2.24. The third-order valence-electron chi connectivity index (χ3n) is 3.15. The molecule has 1 aromatic heterocycles. The van der Waals surface area contributed by atoms with Gasteiger partial charge in [0.05, 0.1) is 16.2 Å². The third kappa shape index (κ3) is 2.40. The van der Waals surface area contributed by atoms with Crippen LogP contribution in [0.15, 0.2) is 42.5 Å². The van der Waals surface area contributed by atoms with Crippen molar-refractivity contribution in [3.8, 4) is 5.69 Å². The molecule has 20 heavy (non-hydrogen) atoms. The molecule has 0 radical (unpaired) electrons. The minimum absolute atomic E-state index is 0.115. The van der Waals surface area contributed by atoms with Crippen LogP contribution in [-0.2, 0) is 6.42 Å². The van der Waals surface area contributed by atoms with E-state index in [0.29, 0.717) is 5.02 Å². The maximum absolute atomic E-state index is 6.38. The van der Waals surface area contributed by atoms with E-state index < -0.39 is 0 Å². The van der Waals surface area contributed by atoms with Crippen molar-refractivity contribution in [1.82, 2.24) is 15.0 Å². The topological polar surface area (TPSA) is 56.7 Å². The summed E-state index contributed by atoms with van der Waals surface area (Å²) in [4.78, 5) is 0. The van der Waals surface area contributed by atoms with E-state index in [4.69, 9.17) is 17.3 Å². The maximum Gasteiger partial charge on any atom is 0.113 e. The Morgan fingerprint density at radius 1 is 1.25 bits per heavy atom. The number of nitrogens with two attached hydrogens (primary N) is 1. The quantitative estimate of drug-likeness (QED) is 0.805. The normalized spacial score (nSPS) is 12.8. The van der Waals surface area contributed by atoms with Gasteiger partial charge in [-0.15, -0.1) is 5.10 Å². The zero-order valence-corrected chi connectivity index (χ0v) is 11.9. The molecule has 1 unspecified atom stereocenters. The Labute approximate surface area is 122 Å². The van der Waals surface area contributed by atoms with Gasteiger partial charge in [-0.3, -0.25) is 0 Å². The van der Waals surface area contributed by atoms with Crippen molar-refractivity contribution >= 4 is 22.6 Å². The monoisotopic (exact) mass is 286 g/mol. The van der Waals surface area contributed by atoms with Crippen molar-refractivity contribution in [3.05, 3.63) is 53.1 Å². The molecule has 0 amide bonds. The largest absolute Gasteiger partial charge is 0.328 e. The Hall–Kier alpha value is -1.91. The first kappa shape index (κ1) is 13.1. The molecule has 0 saturated carbocycles. The molecular weight excluding hydrogens is 272 g/mol. The van der Waals surface area contributed by atoms with Gasteiger partial charge in [-0.05, 0) is 43.2 Å². The van der Waals surface area contributed by atoms with Crippen LogP contribution in [0.4, 0.5) is 0 Å². The van der Waals surface area contributed by atoms with Crippen molar-refractivity contribution in [1.29, 1.82) is 0 Å². The SMILES string of the molecule is CC(N)Cc1ccc(-n2nnc3ccccc32)c(Cl)c1. The van der Waals surface area contributed by atoms with Crippen molar-refractivity contribution in [2.24, 2.45) is 5.73 Å². The second-order valence-corrected chi connectivity index (χ2v) is 5.36. The molecule has 1 atom stereocenters. The van der Waals surface area contributed by atoms with Crippen LogP contribution in [0.25, 0.3) is 16.7 Å². The van der Waals surface area contributed by atoms with E-state index in [1.54, 1.807) is 4.68 Å². The van der Waals surface area contributed by atoms with Crippen LogP contribution in [-0.4, -0.2) is 21.0 Å². The zero-order valence-electron chi connectivity index (χ0n) is 11.1. The minimum atomic E-state index is 0.115. The zero-order chi connectivity index (χ0) is 14.1. The number of fused-ring (bicyclic) bond motifs is 1. The van der Waals surface area contributed by atoms with E-state index in [9.17, 15) is 0 Å². The Morgan fingerprint density at radius 2 is 2.05 bits per heavy atom. The molecule has 5 heteroatoms. The lowest BCUT2D eigenvalue weighted by Gasteiger charge is -2.09. The lowest BCUT2D eigenvalue weighted by atomic mass is 10.1. The maximum atomic E-state index is 6.38. The van der Waals surface area contributed by atoms with Gasteiger partial charge in [-0.25, -0.2) is 4.68 Å². The number of hydrogen-bond acceptors (Lipinski definition) is 3. The molecule has 0 bridgehead atoms. The smallest absolute Gasteiger partial charge is 0.113 e. The average Bonchev–Trinajstić information content (AvgIpc) is 2.82. The Bertz CT molecular complexity index is 748. The molecule has 0 aliphatic rings. The van der Waals surface area contributed by atoms with Crippen LogP contribution >= 0.6 is 11.6 Å². The molecule has 1 heterocycles. The minimum Gasteiger partial charge on any atom is -0.328 e. The van der Waals surface area contributed by atoms with Gasteiger partial charge in [0, 0.05) is 6.04 Å². The van der Waals surface area contributed by atoms with Gasteiger partial charge in [0.25, 0.3) is 0 Å². The molecule has 0 aliphatic heterocycles. The van der Waals surface area contributed by atoms with Gasteiger partial charge in [0.2, 0.25) is 0 Å². The van der Waals surface area contributed by atoms with Gasteiger partial charge in [0.1, 0.15) is 5.52 Å². The predicted molar refractivity (Wildman–Crippen MR) is 81.2 cm³/mol. The number of benzene rings is 2. The summed E-state index contributed by atoms with van der Waals surface area (Å²) in [5.41, 5.74) is 9.55. The van der Waals surface area contributed by atoms with Crippen LogP contribution < -0.4 is 5.73 Å². The fourth-order valence-corrected chi connectivity index (χ4v) is 2.55. The number of aromatic nitrogens is 3. The summed E-state index contributed by atoms with van der Waals surface area (Å²) in [6.07, 6.45) is 0.804. The predicted octanol–water partition coefficient (Wildman–Crippen LogP) is 2.96. The average molecular weight is 287 g/mol. The van der Waals surface area contributed by atoms with Crippen LogP contribution in [0.5, 0.6) is 0 Å². The number of halogens is 1. The molecule has 0 aliphatic carbocycles. The molecule has 2 N–H and O–H groups in total. The van der Waals surface area contributed by atoms with E-state index in [0.717, 1.165) is 28.7 Å². The Kier molecular flexibility index (Phi) is 3.42. The number of nitrogens with zero attached hydrogens (tertiary/aromatic N) is 3. The van der Waals surface area contributed by atoms with Crippen molar-refractivity contribution < 1.29 is 0 Å². The second kappa shape index (κ2) is 5.23. The van der Waals surface area contributed by atoms with Crippen LogP contribution in [0.2, 0.25) is 5.02 Å². The van der Waals surface area contributed by atoms with E-state index >= 15 is 0 Å². The number of rotatable bonds is 3. The van der Waals surface area contributed by atoms with Crippen molar-refractivity contribution in [2.45, 2.75) is 19.4 Å². The van der Waals surface area contributed by atoms with Gasteiger partial charge in [-0.2, -0.15) is 0 Å². The lowest BCUT2D eigenvalue weighted by Crippen LogP contribution is -2.17. The fraction of sp³-hybridized carbons (Fsp3) is 0.200. The highest BCUT2D eigenvalue weighted by Gasteiger charge is 2.10. The molecule has 0 fully saturated rings. The molecule has 0 spiro atoms. The van der Waals surface area contributed by atoms with Gasteiger partial charge in [0.15, 0.2) is 0 Å². The Balaban J connectivity index is 2.06.